The van der Waals surface area contributed by atoms with Crippen molar-refractivity contribution in [2.75, 3.05) is 5.32 Å². The van der Waals surface area contributed by atoms with Crippen LogP contribution in [0.5, 0.6) is 0 Å². The number of benzene rings is 2. The Hall–Kier alpha value is -3.80. The zero-order valence-corrected chi connectivity index (χ0v) is 15.5. The Bertz CT molecular complexity index is 1180. The van der Waals surface area contributed by atoms with Gasteiger partial charge in [-0.2, -0.15) is 5.10 Å². The van der Waals surface area contributed by atoms with Crippen molar-refractivity contribution < 1.29 is 8.78 Å². The highest BCUT2D eigenvalue weighted by Gasteiger charge is 2.10. The third kappa shape index (κ3) is 4.38. The van der Waals surface area contributed by atoms with Crippen molar-refractivity contribution in [1.82, 2.24) is 15.2 Å². The number of halogens is 2. The quantitative estimate of drug-likeness (QED) is 0.454. The number of nitrogens with one attached hydrogen (secondary N) is 2. The highest BCUT2D eigenvalue weighted by atomic mass is 19.1. The van der Waals surface area contributed by atoms with E-state index >= 15 is 0 Å². The summed E-state index contributed by atoms with van der Waals surface area (Å²) in [6, 6.07) is 13.0. The molecule has 0 fully saturated rings. The molecule has 0 spiro atoms. The van der Waals surface area contributed by atoms with E-state index in [1.54, 1.807) is 36.7 Å². The molecule has 0 saturated carbocycles. The predicted molar refractivity (Wildman–Crippen MR) is 112 cm³/mol. The maximum absolute atomic E-state index is 14.5. The lowest BCUT2D eigenvalue weighted by molar-refractivity contribution is 0.627. The monoisotopic (exact) mass is 388 g/mol. The van der Waals surface area contributed by atoms with E-state index in [-0.39, 0.29) is 5.82 Å². The first kappa shape index (κ1) is 18.6. The molecule has 0 amide bonds. The molecule has 2 heterocycles. The van der Waals surface area contributed by atoms with E-state index in [0.717, 1.165) is 16.5 Å². The van der Waals surface area contributed by atoms with Crippen LogP contribution >= 0.6 is 0 Å². The summed E-state index contributed by atoms with van der Waals surface area (Å²) in [5.74, 6) is -0.687. The van der Waals surface area contributed by atoms with Crippen LogP contribution in [0.2, 0.25) is 0 Å². The molecule has 0 saturated heterocycles. The molecule has 0 radical (unpaired) electrons. The first-order valence-electron chi connectivity index (χ1n) is 9.03. The number of rotatable bonds is 6. The van der Waals surface area contributed by atoms with Crippen molar-refractivity contribution >= 4 is 28.7 Å². The minimum Gasteiger partial charge on any atom is -0.357 e. The second kappa shape index (κ2) is 8.06. The van der Waals surface area contributed by atoms with Crippen LogP contribution in [0.25, 0.3) is 23.1 Å². The molecule has 0 unspecified atom stereocenters. The summed E-state index contributed by atoms with van der Waals surface area (Å²) in [5, 5.41) is 10.9. The lowest BCUT2D eigenvalue weighted by atomic mass is 10.1. The number of fused-ring (bicyclic) bond motifs is 1. The lowest BCUT2D eigenvalue weighted by Gasteiger charge is -2.11. The topological polar surface area (TPSA) is 53.6 Å². The van der Waals surface area contributed by atoms with Crippen LogP contribution in [0.3, 0.4) is 0 Å². The van der Waals surface area contributed by atoms with E-state index in [1.807, 2.05) is 18.2 Å². The Morgan fingerprint density at radius 2 is 1.93 bits per heavy atom. The van der Waals surface area contributed by atoms with Crippen LogP contribution < -0.4 is 5.32 Å². The number of hydrogen-bond donors (Lipinski definition) is 2. The van der Waals surface area contributed by atoms with E-state index in [1.165, 1.54) is 18.2 Å². The number of allylic oxidation sites excluding steroid dienone is 1. The summed E-state index contributed by atoms with van der Waals surface area (Å²) < 4.78 is 27.5. The number of anilines is 1. The van der Waals surface area contributed by atoms with Gasteiger partial charge in [-0.3, -0.25) is 10.1 Å². The Morgan fingerprint density at radius 3 is 2.69 bits per heavy atom. The summed E-state index contributed by atoms with van der Waals surface area (Å²) in [5.41, 5.74) is 4.05. The molecular formula is C23H18F2N4. The first-order chi connectivity index (χ1) is 14.1. The molecular weight excluding hydrogens is 370 g/mol. The van der Waals surface area contributed by atoms with E-state index in [4.69, 9.17) is 0 Å². The predicted octanol–water partition coefficient (Wildman–Crippen LogP) is 5.57. The Balaban J connectivity index is 1.57. The van der Waals surface area contributed by atoms with Gasteiger partial charge in [0.15, 0.2) is 0 Å². The molecule has 0 atom stereocenters. The minimum atomic E-state index is -0.400. The van der Waals surface area contributed by atoms with E-state index in [2.05, 4.69) is 27.1 Å². The molecule has 4 aromatic rings. The van der Waals surface area contributed by atoms with Gasteiger partial charge in [-0.1, -0.05) is 30.9 Å². The van der Waals surface area contributed by atoms with E-state index in [0.29, 0.717) is 29.0 Å². The van der Waals surface area contributed by atoms with Crippen LogP contribution in [0, 0.1) is 11.6 Å². The second-order valence-corrected chi connectivity index (χ2v) is 6.64. The van der Waals surface area contributed by atoms with Gasteiger partial charge >= 0.3 is 0 Å². The molecule has 0 bridgehead atoms. The van der Waals surface area contributed by atoms with E-state index in [9.17, 15) is 8.78 Å². The van der Waals surface area contributed by atoms with Crippen LogP contribution in [0.4, 0.5) is 14.5 Å². The van der Waals surface area contributed by atoms with Gasteiger partial charge in [-0.15, -0.1) is 0 Å². The van der Waals surface area contributed by atoms with Crippen molar-refractivity contribution in [2.24, 2.45) is 0 Å². The van der Waals surface area contributed by atoms with E-state index < -0.39 is 5.82 Å². The van der Waals surface area contributed by atoms with Crippen LogP contribution in [-0.2, 0) is 6.42 Å². The summed E-state index contributed by atoms with van der Waals surface area (Å²) >= 11 is 0. The maximum Gasteiger partial charge on any atom is 0.148 e. The van der Waals surface area contributed by atoms with Gasteiger partial charge in [0, 0.05) is 36.0 Å². The van der Waals surface area contributed by atoms with Gasteiger partial charge in [-0.05, 0) is 41.5 Å². The zero-order valence-electron chi connectivity index (χ0n) is 15.5. The molecule has 0 aliphatic heterocycles. The Kier molecular flexibility index (Phi) is 5.16. The summed E-state index contributed by atoms with van der Waals surface area (Å²) in [6.45, 7) is 3.99. The fourth-order valence-corrected chi connectivity index (χ4v) is 3.01. The van der Waals surface area contributed by atoms with Crippen molar-refractivity contribution in [2.45, 2.75) is 6.42 Å². The van der Waals surface area contributed by atoms with Gasteiger partial charge in [0.2, 0.25) is 0 Å². The number of aromatic amines is 1. The number of pyridine rings is 1. The molecule has 2 aromatic carbocycles. The number of H-pyrrole nitrogens is 1. The van der Waals surface area contributed by atoms with Gasteiger partial charge < -0.3 is 5.32 Å². The molecule has 144 valence electrons. The second-order valence-electron chi connectivity index (χ2n) is 6.64. The van der Waals surface area contributed by atoms with Crippen LogP contribution in [0.1, 0.15) is 16.8 Å². The lowest BCUT2D eigenvalue weighted by Crippen LogP contribution is -2.03. The number of nitrogens with zero attached hydrogens (tertiary/aromatic N) is 2. The van der Waals surface area contributed by atoms with Crippen molar-refractivity contribution in [1.29, 1.82) is 0 Å². The highest BCUT2D eigenvalue weighted by molar-refractivity contribution is 5.91. The molecule has 0 aliphatic rings. The fraction of sp³-hybridized carbons (Fsp3) is 0.0435. The van der Waals surface area contributed by atoms with Gasteiger partial charge in [0.1, 0.15) is 11.6 Å². The van der Waals surface area contributed by atoms with Crippen LogP contribution in [-0.4, -0.2) is 15.2 Å². The maximum atomic E-state index is 14.5. The molecule has 2 aromatic heterocycles. The molecule has 0 aliphatic carbocycles. The smallest absolute Gasteiger partial charge is 0.148 e. The number of hydrogen-bond acceptors (Lipinski definition) is 3. The zero-order chi connectivity index (χ0) is 20.2. The van der Waals surface area contributed by atoms with Gasteiger partial charge in [0.25, 0.3) is 0 Å². The number of aromatic nitrogens is 3. The first-order valence-corrected chi connectivity index (χ1v) is 9.03. The van der Waals surface area contributed by atoms with Crippen molar-refractivity contribution in [3.05, 3.63) is 102 Å². The minimum absolute atomic E-state index is 0.287. The molecule has 29 heavy (non-hydrogen) atoms. The Labute approximate surface area is 166 Å². The normalized spacial score (nSPS) is 11.2. The molecule has 4 rings (SSSR count). The van der Waals surface area contributed by atoms with Gasteiger partial charge in [0.05, 0.1) is 16.9 Å². The van der Waals surface area contributed by atoms with Gasteiger partial charge in [-0.25, -0.2) is 8.78 Å². The standard InChI is InChI=1S/C23H18F2N4/c1-15(11-17-3-2-10-26-14-17)27-23-12-19-21(28-29-22(19)13-20(23)25)9-6-16-4-7-18(24)8-5-16/h2-10,12-14,27H,1,11H2,(H,28,29)/b9-6+. The SMILES string of the molecule is C=C(Cc1cccnc1)Nc1cc2c(/C=C/c3ccc(F)cc3)n[nH]c2cc1F. The van der Waals surface area contributed by atoms with Crippen molar-refractivity contribution in [3.8, 4) is 0 Å². The molecule has 2 N–H and O–H groups in total. The largest absolute Gasteiger partial charge is 0.357 e. The Morgan fingerprint density at radius 1 is 1.10 bits per heavy atom. The molecule has 6 heteroatoms. The van der Waals surface area contributed by atoms with Crippen molar-refractivity contribution in [3.63, 3.8) is 0 Å². The average molecular weight is 388 g/mol. The summed E-state index contributed by atoms with van der Waals surface area (Å²) in [7, 11) is 0. The summed E-state index contributed by atoms with van der Waals surface area (Å²) in [6.07, 6.45) is 7.62. The summed E-state index contributed by atoms with van der Waals surface area (Å²) in [4.78, 5) is 4.07. The van der Waals surface area contributed by atoms with Crippen LogP contribution in [0.15, 0.2) is 73.2 Å². The molecule has 4 nitrogen and oxygen atoms in total. The average Bonchev–Trinajstić information content (AvgIpc) is 3.10. The third-order valence-electron chi connectivity index (χ3n) is 4.44. The third-order valence-corrected chi connectivity index (χ3v) is 4.44. The fourth-order valence-electron chi connectivity index (χ4n) is 3.01. The highest BCUT2D eigenvalue weighted by Crippen LogP contribution is 2.26.